The number of sulfonamides is 1. The Hall–Kier alpha value is -1.44. The van der Waals surface area contributed by atoms with E-state index < -0.39 is 10.0 Å². The van der Waals surface area contributed by atoms with Crippen LogP contribution < -0.4 is 10.5 Å². The van der Waals surface area contributed by atoms with E-state index >= 15 is 0 Å². The summed E-state index contributed by atoms with van der Waals surface area (Å²) < 4.78 is 28.3. The molecule has 1 aliphatic carbocycles. The zero-order chi connectivity index (χ0) is 18.0. The van der Waals surface area contributed by atoms with Gasteiger partial charge in [-0.3, -0.25) is 4.79 Å². The summed E-state index contributed by atoms with van der Waals surface area (Å²) in [7, 11) is -3.62. The molecule has 0 aromatic heterocycles. The summed E-state index contributed by atoms with van der Waals surface area (Å²) in [6, 6.07) is 4.98. The first-order valence-electron chi connectivity index (χ1n) is 9.06. The smallest absolute Gasteiger partial charge is 0.254 e. The molecule has 0 spiro atoms. The summed E-state index contributed by atoms with van der Waals surface area (Å²) in [5.74, 6) is -0.134. The zero-order valence-corrected chi connectivity index (χ0v) is 15.5. The largest absolute Gasteiger partial charge is 0.334 e. The SMILES string of the molecule is Cc1ccc(C(=O)N2CCCC2CN)cc1S(=O)(=O)NC1CCCC1. The van der Waals surface area contributed by atoms with E-state index in [0.29, 0.717) is 24.2 Å². The van der Waals surface area contributed by atoms with Gasteiger partial charge in [-0.15, -0.1) is 0 Å². The molecule has 1 atom stereocenters. The van der Waals surface area contributed by atoms with Crippen molar-refractivity contribution in [2.45, 2.75) is 62.4 Å². The number of benzene rings is 1. The topological polar surface area (TPSA) is 92.5 Å². The molecule has 3 N–H and O–H groups in total. The van der Waals surface area contributed by atoms with Crippen LogP contribution in [0.15, 0.2) is 23.1 Å². The number of amides is 1. The lowest BCUT2D eigenvalue weighted by molar-refractivity contribution is 0.0741. The Balaban J connectivity index is 1.86. The number of carbonyl (C=O) groups excluding carboxylic acids is 1. The Morgan fingerprint density at radius 2 is 1.96 bits per heavy atom. The molecule has 1 aromatic carbocycles. The lowest BCUT2D eigenvalue weighted by Gasteiger charge is -2.24. The van der Waals surface area contributed by atoms with E-state index in [1.54, 1.807) is 24.0 Å². The van der Waals surface area contributed by atoms with Crippen molar-refractivity contribution in [2.75, 3.05) is 13.1 Å². The van der Waals surface area contributed by atoms with Gasteiger partial charge in [0.05, 0.1) is 4.90 Å². The van der Waals surface area contributed by atoms with E-state index in [0.717, 1.165) is 38.5 Å². The molecule has 7 heteroatoms. The minimum Gasteiger partial charge on any atom is -0.334 e. The van der Waals surface area contributed by atoms with E-state index in [4.69, 9.17) is 5.73 Å². The monoisotopic (exact) mass is 365 g/mol. The van der Waals surface area contributed by atoms with E-state index in [2.05, 4.69) is 4.72 Å². The van der Waals surface area contributed by atoms with Gasteiger partial charge in [-0.05, 0) is 50.3 Å². The normalized spacial score (nSPS) is 21.8. The van der Waals surface area contributed by atoms with Crippen LogP contribution in [0.2, 0.25) is 0 Å². The van der Waals surface area contributed by atoms with Crippen LogP contribution in [0.25, 0.3) is 0 Å². The van der Waals surface area contributed by atoms with Gasteiger partial charge in [-0.25, -0.2) is 13.1 Å². The summed E-state index contributed by atoms with van der Waals surface area (Å²) in [5, 5.41) is 0. The standard InChI is InChI=1S/C18H27N3O3S/c1-13-8-9-14(18(22)21-10-4-7-16(21)12-19)11-17(13)25(23,24)20-15-5-2-3-6-15/h8-9,11,15-16,20H,2-7,10,12,19H2,1H3. The van der Waals surface area contributed by atoms with Gasteiger partial charge < -0.3 is 10.6 Å². The van der Waals surface area contributed by atoms with Crippen LogP contribution in [0.5, 0.6) is 0 Å². The van der Waals surface area contributed by atoms with Crippen LogP contribution >= 0.6 is 0 Å². The summed E-state index contributed by atoms with van der Waals surface area (Å²) in [6.07, 6.45) is 5.71. The molecular formula is C18H27N3O3S. The van der Waals surface area contributed by atoms with Crippen LogP contribution in [0.1, 0.15) is 54.4 Å². The lowest BCUT2D eigenvalue weighted by Crippen LogP contribution is -2.40. The van der Waals surface area contributed by atoms with Crippen molar-refractivity contribution in [1.29, 1.82) is 0 Å². The molecular weight excluding hydrogens is 338 g/mol. The number of nitrogens with two attached hydrogens (primary N) is 1. The molecule has 6 nitrogen and oxygen atoms in total. The van der Waals surface area contributed by atoms with Gasteiger partial charge >= 0.3 is 0 Å². The van der Waals surface area contributed by atoms with Gasteiger partial charge in [-0.2, -0.15) is 0 Å². The number of nitrogens with zero attached hydrogens (tertiary/aromatic N) is 1. The molecule has 1 aliphatic heterocycles. The van der Waals surface area contributed by atoms with Gasteiger partial charge in [0.25, 0.3) is 5.91 Å². The third kappa shape index (κ3) is 3.88. The average Bonchev–Trinajstić information content (AvgIpc) is 3.25. The Morgan fingerprint density at radius 3 is 2.64 bits per heavy atom. The maximum absolute atomic E-state index is 12.8. The van der Waals surface area contributed by atoms with Gasteiger partial charge in [0, 0.05) is 30.7 Å². The van der Waals surface area contributed by atoms with Crippen molar-refractivity contribution in [3.8, 4) is 0 Å². The minimum absolute atomic E-state index is 0.00367. The molecule has 1 heterocycles. The molecule has 1 saturated carbocycles. The third-order valence-electron chi connectivity index (χ3n) is 5.31. The zero-order valence-electron chi connectivity index (χ0n) is 14.7. The second-order valence-corrected chi connectivity index (χ2v) is 8.80. The molecule has 1 unspecified atom stereocenters. The Bertz CT molecular complexity index is 742. The average molecular weight is 365 g/mol. The van der Waals surface area contributed by atoms with Gasteiger partial charge in [0.1, 0.15) is 0 Å². The number of hydrogen-bond donors (Lipinski definition) is 2. The second-order valence-electron chi connectivity index (χ2n) is 7.11. The Morgan fingerprint density at radius 1 is 1.24 bits per heavy atom. The highest BCUT2D eigenvalue weighted by atomic mass is 32.2. The van der Waals surface area contributed by atoms with Crippen molar-refractivity contribution in [2.24, 2.45) is 5.73 Å². The maximum atomic E-state index is 12.8. The molecule has 0 radical (unpaired) electrons. The summed E-state index contributed by atoms with van der Waals surface area (Å²) in [6.45, 7) is 2.87. The van der Waals surface area contributed by atoms with E-state index in [1.165, 1.54) is 6.07 Å². The highest BCUT2D eigenvalue weighted by Crippen LogP contribution is 2.25. The van der Waals surface area contributed by atoms with Crippen molar-refractivity contribution >= 4 is 15.9 Å². The predicted molar refractivity (Wildman–Crippen MR) is 96.9 cm³/mol. The number of aryl methyl sites for hydroxylation is 1. The molecule has 1 amide bonds. The first kappa shape index (κ1) is 18.4. The van der Waals surface area contributed by atoms with Gasteiger partial charge in [0.15, 0.2) is 0 Å². The molecule has 2 aliphatic rings. The number of nitrogens with one attached hydrogen (secondary N) is 1. The van der Waals surface area contributed by atoms with Crippen LogP contribution in [0.3, 0.4) is 0 Å². The van der Waals surface area contributed by atoms with Crippen LogP contribution in [-0.2, 0) is 10.0 Å². The van der Waals surface area contributed by atoms with Gasteiger partial charge in [0.2, 0.25) is 10.0 Å². The fraction of sp³-hybridized carbons (Fsp3) is 0.611. The van der Waals surface area contributed by atoms with Crippen molar-refractivity contribution in [3.05, 3.63) is 29.3 Å². The molecule has 3 rings (SSSR count). The van der Waals surface area contributed by atoms with Crippen LogP contribution in [0, 0.1) is 6.92 Å². The highest BCUT2D eigenvalue weighted by molar-refractivity contribution is 7.89. The van der Waals surface area contributed by atoms with Crippen molar-refractivity contribution in [3.63, 3.8) is 0 Å². The molecule has 2 fully saturated rings. The number of carbonyl (C=O) groups is 1. The quantitative estimate of drug-likeness (QED) is 0.832. The van der Waals surface area contributed by atoms with E-state index in [9.17, 15) is 13.2 Å². The molecule has 138 valence electrons. The van der Waals surface area contributed by atoms with Crippen LogP contribution in [-0.4, -0.2) is 44.4 Å². The fourth-order valence-corrected chi connectivity index (χ4v) is 5.44. The first-order valence-corrected chi connectivity index (χ1v) is 10.5. The lowest BCUT2D eigenvalue weighted by atomic mass is 10.1. The third-order valence-corrected chi connectivity index (χ3v) is 6.97. The predicted octanol–water partition coefficient (Wildman–Crippen LogP) is 1.78. The molecule has 1 aromatic rings. The summed E-state index contributed by atoms with van der Waals surface area (Å²) in [5.41, 5.74) is 6.82. The Labute approximate surface area is 149 Å². The van der Waals surface area contributed by atoms with Gasteiger partial charge in [-0.1, -0.05) is 18.9 Å². The first-order chi connectivity index (χ1) is 11.9. The summed E-state index contributed by atoms with van der Waals surface area (Å²) >= 11 is 0. The number of likely N-dealkylation sites (tertiary alicyclic amines) is 1. The number of rotatable bonds is 5. The van der Waals surface area contributed by atoms with Crippen molar-refractivity contribution < 1.29 is 13.2 Å². The van der Waals surface area contributed by atoms with E-state index in [-0.39, 0.29) is 22.9 Å². The molecule has 25 heavy (non-hydrogen) atoms. The Kier molecular flexibility index (Phi) is 5.46. The molecule has 0 bridgehead atoms. The minimum atomic E-state index is -3.62. The summed E-state index contributed by atoms with van der Waals surface area (Å²) in [4.78, 5) is 14.8. The van der Waals surface area contributed by atoms with Crippen LogP contribution in [0.4, 0.5) is 0 Å². The van der Waals surface area contributed by atoms with E-state index in [1.807, 2.05) is 0 Å². The van der Waals surface area contributed by atoms with Crippen molar-refractivity contribution in [1.82, 2.24) is 9.62 Å². The number of hydrogen-bond acceptors (Lipinski definition) is 4. The maximum Gasteiger partial charge on any atom is 0.254 e. The molecule has 1 saturated heterocycles. The second kappa shape index (κ2) is 7.43. The fourth-order valence-electron chi connectivity index (χ4n) is 3.86. The highest BCUT2D eigenvalue weighted by Gasteiger charge is 2.30.